The van der Waals surface area contributed by atoms with Crippen LogP contribution in [0.15, 0.2) is 65.6 Å². The minimum atomic E-state index is -7.36. The molecule has 2 aromatic carbocycles. The maximum Gasteiger partial charge on any atom is 0.460 e. The molecule has 1 unspecified atom stereocenters. The second-order valence-corrected chi connectivity index (χ2v) is 11.4. The van der Waals surface area contributed by atoms with Crippen molar-refractivity contribution in [1.82, 2.24) is 0 Å². The molecule has 0 aliphatic carbocycles. The molecule has 0 N–H and O–H groups in total. The number of alkyl halides is 9. The van der Waals surface area contributed by atoms with E-state index in [0.29, 0.717) is 5.56 Å². The maximum absolute atomic E-state index is 14.2. The van der Waals surface area contributed by atoms with Crippen molar-refractivity contribution in [2.75, 3.05) is 6.26 Å². The van der Waals surface area contributed by atoms with E-state index >= 15 is 0 Å². The average Bonchev–Trinajstić information content (AvgIpc) is 2.67. The Morgan fingerprint density at radius 3 is 1.59 bits per heavy atom. The molecule has 0 spiro atoms. The molecule has 1 atom stereocenters. The number of benzene rings is 2. The van der Waals surface area contributed by atoms with E-state index in [0.717, 1.165) is 6.26 Å². The minimum absolute atomic E-state index is 0.0610. The molecular formula is C18H15F9O3S2. The van der Waals surface area contributed by atoms with Crippen LogP contribution in [0.1, 0.15) is 5.56 Å². The Bertz CT molecular complexity index is 1030. The smallest absolute Gasteiger partial charge is 0.211 e. The van der Waals surface area contributed by atoms with Crippen LogP contribution in [0, 0.1) is 0 Å². The fourth-order valence-corrected chi connectivity index (χ4v) is 7.11. The number of rotatable bonds is 8. The van der Waals surface area contributed by atoms with Gasteiger partial charge in [0.15, 0.2) is 0 Å². The quantitative estimate of drug-likeness (QED) is 0.385. The zero-order chi connectivity index (χ0) is 24.6. The van der Waals surface area contributed by atoms with Crippen LogP contribution in [0.3, 0.4) is 0 Å². The number of hydrogen-bond acceptors (Lipinski definition) is 3. The lowest BCUT2D eigenvalue weighted by molar-refractivity contribution is -0.382. The molecule has 0 amide bonds. The third kappa shape index (κ3) is 4.57. The van der Waals surface area contributed by atoms with Gasteiger partial charge in [0.1, 0.15) is 0 Å². The van der Waals surface area contributed by atoms with Gasteiger partial charge >= 0.3 is 33.4 Å². The molecule has 3 nitrogen and oxygen atoms in total. The molecule has 32 heavy (non-hydrogen) atoms. The third-order valence-electron chi connectivity index (χ3n) is 4.20. The van der Waals surface area contributed by atoms with Crippen molar-refractivity contribution < 1.29 is 51.6 Å². The summed E-state index contributed by atoms with van der Waals surface area (Å²) in [6, 6.07) is 13.9. The lowest BCUT2D eigenvalue weighted by Gasteiger charge is -2.38. The molecule has 0 radical (unpaired) electrons. The molecule has 0 heterocycles. The lowest BCUT2D eigenvalue weighted by Crippen LogP contribution is -2.63. The van der Waals surface area contributed by atoms with Gasteiger partial charge in [-0.15, -0.1) is 0 Å². The van der Waals surface area contributed by atoms with Crippen molar-refractivity contribution in [2.24, 2.45) is 0 Å². The van der Waals surface area contributed by atoms with Gasteiger partial charge in [0, 0.05) is 10.6 Å². The lowest BCUT2D eigenvalue weighted by atomic mass is 10.1. The monoisotopic (exact) mass is 514 g/mol. The molecule has 2 aromatic rings. The Balaban J connectivity index is 2.57. The first-order chi connectivity index (χ1) is 14.4. The number of hydrogen-bond donors (Lipinski definition) is 0. The van der Waals surface area contributed by atoms with Crippen LogP contribution < -0.4 is 0 Å². The van der Waals surface area contributed by atoms with Crippen LogP contribution in [0.4, 0.5) is 39.5 Å². The highest BCUT2D eigenvalue weighted by atomic mass is 32.3. The molecule has 14 heteroatoms. The van der Waals surface area contributed by atoms with Gasteiger partial charge < -0.3 is 0 Å². The zero-order valence-electron chi connectivity index (χ0n) is 15.9. The Kier molecular flexibility index (Phi) is 6.95. The highest BCUT2D eigenvalue weighted by Gasteiger charge is 2.86. The van der Waals surface area contributed by atoms with Crippen LogP contribution >= 0.6 is 10.3 Å². The first-order valence-electron chi connectivity index (χ1n) is 8.40. The summed E-state index contributed by atoms with van der Waals surface area (Å²) in [6.45, 7) is 0. The van der Waals surface area contributed by atoms with Crippen molar-refractivity contribution in [3.05, 3.63) is 66.2 Å². The minimum Gasteiger partial charge on any atom is -0.211 e. The Morgan fingerprint density at radius 1 is 0.719 bits per heavy atom. The van der Waals surface area contributed by atoms with Gasteiger partial charge in [0.05, 0.1) is 0 Å². The molecule has 0 saturated carbocycles. The molecule has 2 rings (SSSR count). The van der Waals surface area contributed by atoms with Crippen LogP contribution in [0.5, 0.6) is 0 Å². The molecule has 0 aliphatic heterocycles. The standard InChI is InChI=1S/C18H15F9O3S2/c1-31(14-10-6-3-7-11-14,12-13-8-4-2-5-9-13)30-32(28,29)18(26,27)16(21,22)15(19,20)17(23,24)25/h2-11H,12H2,1H3. The van der Waals surface area contributed by atoms with E-state index in [1.165, 1.54) is 54.6 Å². The maximum atomic E-state index is 14.2. The van der Waals surface area contributed by atoms with Crippen molar-refractivity contribution in [1.29, 1.82) is 0 Å². The van der Waals surface area contributed by atoms with E-state index in [1.54, 1.807) is 6.07 Å². The van der Waals surface area contributed by atoms with E-state index in [9.17, 15) is 47.9 Å². The molecule has 0 aromatic heterocycles. The van der Waals surface area contributed by atoms with Crippen LogP contribution in [0.2, 0.25) is 0 Å². The van der Waals surface area contributed by atoms with Gasteiger partial charge in [0.2, 0.25) is 0 Å². The predicted octanol–water partition coefficient (Wildman–Crippen LogP) is 6.37. The summed E-state index contributed by atoms with van der Waals surface area (Å²) in [5, 5.41) is -6.92. The van der Waals surface area contributed by atoms with Crippen molar-refractivity contribution in [2.45, 2.75) is 33.9 Å². The van der Waals surface area contributed by atoms with Crippen molar-refractivity contribution >= 4 is 20.4 Å². The van der Waals surface area contributed by atoms with Crippen LogP contribution in [-0.4, -0.2) is 37.9 Å². The van der Waals surface area contributed by atoms with E-state index in [4.69, 9.17) is 0 Å². The Labute approximate surface area is 178 Å². The Hall–Kier alpha value is -1.93. The van der Waals surface area contributed by atoms with Crippen molar-refractivity contribution in [3.8, 4) is 0 Å². The summed E-state index contributed by atoms with van der Waals surface area (Å²) in [7, 11) is -10.5. The molecule has 0 bridgehead atoms. The van der Waals surface area contributed by atoms with Crippen LogP contribution in [0.25, 0.3) is 0 Å². The summed E-state index contributed by atoms with van der Waals surface area (Å²) in [6.07, 6.45) is -6.18. The fraction of sp³-hybridized carbons (Fsp3) is 0.333. The normalized spacial score (nSPS) is 16.9. The molecule has 0 saturated heterocycles. The van der Waals surface area contributed by atoms with Gasteiger partial charge in [0.25, 0.3) is 0 Å². The van der Waals surface area contributed by atoms with Gasteiger partial charge in [-0.25, -0.2) is 3.63 Å². The van der Waals surface area contributed by atoms with Crippen LogP contribution in [-0.2, 0) is 19.5 Å². The SMILES string of the molecule is CS(Cc1ccccc1)(OS(=O)(=O)C(F)(F)C(F)(F)C(F)(F)C(F)(F)F)c1ccccc1. The largest absolute Gasteiger partial charge is 0.460 e. The highest BCUT2D eigenvalue weighted by molar-refractivity contribution is 8.32. The fourth-order valence-electron chi connectivity index (χ4n) is 2.51. The number of halogens is 9. The molecular weight excluding hydrogens is 499 g/mol. The highest BCUT2D eigenvalue weighted by Crippen LogP contribution is 2.61. The summed E-state index contributed by atoms with van der Waals surface area (Å²) in [5.41, 5.74) is 0.305. The average molecular weight is 514 g/mol. The topological polar surface area (TPSA) is 43.4 Å². The van der Waals surface area contributed by atoms with E-state index < -0.39 is 49.5 Å². The second-order valence-electron chi connectivity index (χ2n) is 6.63. The van der Waals surface area contributed by atoms with E-state index in [2.05, 4.69) is 3.63 Å². The van der Waals surface area contributed by atoms with Gasteiger partial charge in [-0.05, 0) is 24.0 Å². The zero-order valence-corrected chi connectivity index (χ0v) is 17.6. The van der Waals surface area contributed by atoms with E-state index in [-0.39, 0.29) is 4.90 Å². The first kappa shape index (κ1) is 26.3. The second kappa shape index (κ2) is 8.45. The summed E-state index contributed by atoms with van der Waals surface area (Å²) in [4.78, 5) is -0.0610. The summed E-state index contributed by atoms with van der Waals surface area (Å²) >= 11 is 0. The van der Waals surface area contributed by atoms with E-state index in [1.807, 2.05) is 0 Å². The molecule has 180 valence electrons. The molecule has 0 aliphatic rings. The Morgan fingerprint density at radius 2 is 1.16 bits per heavy atom. The van der Waals surface area contributed by atoms with Gasteiger partial charge in [-0.2, -0.15) is 47.9 Å². The van der Waals surface area contributed by atoms with Crippen molar-refractivity contribution in [3.63, 3.8) is 0 Å². The van der Waals surface area contributed by atoms with Gasteiger partial charge in [-0.3, -0.25) is 0 Å². The van der Waals surface area contributed by atoms with Gasteiger partial charge in [-0.1, -0.05) is 58.8 Å². The molecule has 0 fully saturated rings. The third-order valence-corrected chi connectivity index (χ3v) is 9.15. The predicted molar refractivity (Wildman–Crippen MR) is 99.3 cm³/mol. The summed E-state index contributed by atoms with van der Waals surface area (Å²) in [5.74, 6) is -15.2. The summed E-state index contributed by atoms with van der Waals surface area (Å²) < 4.78 is 148. The first-order valence-corrected chi connectivity index (χ1v) is 11.9.